The Hall–Kier alpha value is -1.09. The lowest BCUT2D eigenvalue weighted by atomic mass is 9.98. The van der Waals surface area contributed by atoms with Crippen molar-refractivity contribution in [2.24, 2.45) is 5.92 Å². The summed E-state index contributed by atoms with van der Waals surface area (Å²) in [4.78, 5) is 13.6. The first-order valence-electron chi connectivity index (χ1n) is 4.92. The van der Waals surface area contributed by atoms with E-state index in [1.165, 1.54) is 6.26 Å². The number of nitrogens with zero attached hydrogens (tertiary/aromatic N) is 1. The SMILES string of the molecule is C=CCN1CCCC(C(=O)OC=C)C1. The summed E-state index contributed by atoms with van der Waals surface area (Å²) in [5.41, 5.74) is 0. The summed E-state index contributed by atoms with van der Waals surface area (Å²) in [7, 11) is 0. The molecule has 1 unspecified atom stereocenters. The minimum absolute atomic E-state index is 0.00157. The van der Waals surface area contributed by atoms with Crippen molar-refractivity contribution in [1.82, 2.24) is 4.90 Å². The Morgan fingerprint density at radius 3 is 3.00 bits per heavy atom. The van der Waals surface area contributed by atoms with Crippen molar-refractivity contribution in [3.63, 3.8) is 0 Å². The molecule has 0 radical (unpaired) electrons. The van der Waals surface area contributed by atoms with Gasteiger partial charge in [0.15, 0.2) is 0 Å². The maximum atomic E-state index is 11.4. The standard InChI is InChI=1S/C11H17NO2/c1-3-7-12-8-5-6-10(9-12)11(13)14-4-2/h3-4,10H,1-2,5-9H2. The van der Waals surface area contributed by atoms with Gasteiger partial charge in [-0.2, -0.15) is 0 Å². The van der Waals surface area contributed by atoms with E-state index in [1.807, 2.05) is 6.08 Å². The highest BCUT2D eigenvalue weighted by molar-refractivity contribution is 5.73. The monoisotopic (exact) mass is 195 g/mol. The van der Waals surface area contributed by atoms with Crippen LogP contribution in [0.2, 0.25) is 0 Å². The van der Waals surface area contributed by atoms with E-state index < -0.39 is 0 Å². The smallest absolute Gasteiger partial charge is 0.315 e. The second-order valence-corrected chi connectivity index (χ2v) is 3.49. The molecule has 1 rings (SSSR count). The highest BCUT2D eigenvalue weighted by Gasteiger charge is 2.25. The molecular formula is C11H17NO2. The highest BCUT2D eigenvalue weighted by atomic mass is 16.5. The van der Waals surface area contributed by atoms with Crippen LogP contribution in [-0.2, 0) is 9.53 Å². The molecule has 0 aromatic carbocycles. The van der Waals surface area contributed by atoms with Crippen molar-refractivity contribution in [1.29, 1.82) is 0 Å². The molecule has 0 aliphatic carbocycles. The van der Waals surface area contributed by atoms with Crippen LogP contribution in [0, 0.1) is 5.92 Å². The van der Waals surface area contributed by atoms with Gasteiger partial charge < -0.3 is 4.74 Å². The zero-order valence-corrected chi connectivity index (χ0v) is 8.45. The van der Waals surface area contributed by atoms with Gasteiger partial charge in [-0.05, 0) is 19.4 Å². The summed E-state index contributed by atoms with van der Waals surface area (Å²) in [5, 5.41) is 0. The number of ether oxygens (including phenoxy) is 1. The molecule has 1 fully saturated rings. The normalized spacial score (nSPS) is 22.7. The zero-order valence-electron chi connectivity index (χ0n) is 8.45. The predicted molar refractivity (Wildman–Crippen MR) is 55.7 cm³/mol. The number of hydrogen-bond acceptors (Lipinski definition) is 3. The lowest BCUT2D eigenvalue weighted by Gasteiger charge is -2.30. The molecule has 0 saturated carbocycles. The van der Waals surface area contributed by atoms with Gasteiger partial charge in [0.1, 0.15) is 0 Å². The second-order valence-electron chi connectivity index (χ2n) is 3.49. The quantitative estimate of drug-likeness (QED) is 0.387. The Morgan fingerprint density at radius 1 is 1.57 bits per heavy atom. The fourth-order valence-electron chi connectivity index (χ4n) is 1.77. The van der Waals surface area contributed by atoms with Crippen LogP contribution in [0.15, 0.2) is 25.5 Å². The third-order valence-electron chi connectivity index (χ3n) is 2.43. The number of esters is 1. The van der Waals surface area contributed by atoms with Crippen LogP contribution in [0.5, 0.6) is 0 Å². The number of piperidine rings is 1. The summed E-state index contributed by atoms with van der Waals surface area (Å²) in [5.74, 6) is -0.157. The Morgan fingerprint density at radius 2 is 2.36 bits per heavy atom. The van der Waals surface area contributed by atoms with Crippen LogP contribution >= 0.6 is 0 Å². The Labute approximate surface area is 85.0 Å². The molecule has 0 bridgehead atoms. The highest BCUT2D eigenvalue weighted by Crippen LogP contribution is 2.17. The van der Waals surface area contributed by atoms with Crippen molar-refractivity contribution in [3.05, 3.63) is 25.5 Å². The van der Waals surface area contributed by atoms with E-state index in [0.717, 1.165) is 32.5 Å². The minimum atomic E-state index is -0.159. The van der Waals surface area contributed by atoms with E-state index in [-0.39, 0.29) is 11.9 Å². The van der Waals surface area contributed by atoms with Gasteiger partial charge in [-0.25, -0.2) is 0 Å². The second kappa shape index (κ2) is 5.60. The largest absolute Gasteiger partial charge is 0.435 e. The molecule has 0 spiro atoms. The van der Waals surface area contributed by atoms with Crippen LogP contribution in [-0.4, -0.2) is 30.5 Å². The fourth-order valence-corrected chi connectivity index (χ4v) is 1.77. The van der Waals surface area contributed by atoms with E-state index in [9.17, 15) is 4.79 Å². The van der Waals surface area contributed by atoms with E-state index in [4.69, 9.17) is 4.74 Å². The molecular weight excluding hydrogens is 178 g/mol. The van der Waals surface area contributed by atoms with Crippen LogP contribution in [0.1, 0.15) is 12.8 Å². The van der Waals surface area contributed by atoms with E-state index in [0.29, 0.717) is 0 Å². The van der Waals surface area contributed by atoms with Crippen molar-refractivity contribution in [2.45, 2.75) is 12.8 Å². The third-order valence-corrected chi connectivity index (χ3v) is 2.43. The maximum absolute atomic E-state index is 11.4. The molecule has 78 valence electrons. The molecule has 1 saturated heterocycles. The molecule has 3 nitrogen and oxygen atoms in total. The lowest BCUT2D eigenvalue weighted by Crippen LogP contribution is -2.38. The number of rotatable bonds is 4. The van der Waals surface area contributed by atoms with Gasteiger partial charge in [0.25, 0.3) is 0 Å². The minimum Gasteiger partial charge on any atom is -0.435 e. The topological polar surface area (TPSA) is 29.5 Å². The molecule has 0 aromatic heterocycles. The van der Waals surface area contributed by atoms with Crippen LogP contribution in [0.25, 0.3) is 0 Å². The summed E-state index contributed by atoms with van der Waals surface area (Å²) >= 11 is 0. The number of carbonyl (C=O) groups is 1. The first-order chi connectivity index (χ1) is 6.77. The average Bonchev–Trinajstić information content (AvgIpc) is 2.19. The summed E-state index contributed by atoms with van der Waals surface area (Å²) in [6.45, 7) is 9.73. The lowest BCUT2D eigenvalue weighted by molar-refractivity contribution is -0.144. The van der Waals surface area contributed by atoms with Crippen molar-refractivity contribution < 1.29 is 9.53 Å². The molecule has 1 aliphatic rings. The van der Waals surface area contributed by atoms with E-state index >= 15 is 0 Å². The van der Waals surface area contributed by atoms with Crippen LogP contribution < -0.4 is 0 Å². The van der Waals surface area contributed by atoms with Gasteiger partial charge in [0.2, 0.25) is 0 Å². The van der Waals surface area contributed by atoms with E-state index in [2.05, 4.69) is 18.1 Å². The first kappa shape index (κ1) is 11.0. The molecule has 3 heteroatoms. The van der Waals surface area contributed by atoms with Crippen molar-refractivity contribution >= 4 is 5.97 Å². The van der Waals surface area contributed by atoms with Gasteiger partial charge >= 0.3 is 5.97 Å². The van der Waals surface area contributed by atoms with E-state index in [1.54, 1.807) is 0 Å². The molecule has 14 heavy (non-hydrogen) atoms. The molecule has 1 aliphatic heterocycles. The van der Waals surface area contributed by atoms with Crippen LogP contribution in [0.3, 0.4) is 0 Å². The van der Waals surface area contributed by atoms with Crippen molar-refractivity contribution in [3.8, 4) is 0 Å². The molecule has 0 amide bonds. The van der Waals surface area contributed by atoms with Gasteiger partial charge in [-0.1, -0.05) is 12.7 Å². The summed E-state index contributed by atoms with van der Waals surface area (Å²) in [6.07, 6.45) is 5.03. The van der Waals surface area contributed by atoms with Gasteiger partial charge in [0.05, 0.1) is 12.2 Å². The predicted octanol–water partition coefficient (Wildman–Crippen LogP) is 1.57. The first-order valence-corrected chi connectivity index (χ1v) is 4.92. The summed E-state index contributed by atoms with van der Waals surface area (Å²) in [6, 6.07) is 0. The van der Waals surface area contributed by atoms with Gasteiger partial charge in [-0.15, -0.1) is 6.58 Å². The Bertz CT molecular complexity index is 225. The Balaban J connectivity index is 2.42. The van der Waals surface area contributed by atoms with Crippen LogP contribution in [0.4, 0.5) is 0 Å². The average molecular weight is 195 g/mol. The zero-order chi connectivity index (χ0) is 10.4. The Kier molecular flexibility index (Phi) is 4.40. The molecule has 0 aromatic rings. The number of hydrogen-bond donors (Lipinski definition) is 0. The summed E-state index contributed by atoms with van der Waals surface area (Å²) < 4.78 is 4.78. The van der Waals surface area contributed by atoms with Crippen molar-refractivity contribution in [2.75, 3.05) is 19.6 Å². The van der Waals surface area contributed by atoms with Gasteiger partial charge in [-0.3, -0.25) is 9.69 Å². The third kappa shape index (κ3) is 3.00. The molecule has 1 heterocycles. The fraction of sp³-hybridized carbons (Fsp3) is 0.545. The number of carbonyl (C=O) groups excluding carboxylic acids is 1. The maximum Gasteiger partial charge on any atom is 0.315 e. The molecule has 0 N–H and O–H groups in total. The number of likely N-dealkylation sites (tertiary alicyclic amines) is 1. The molecule has 1 atom stereocenters. The van der Waals surface area contributed by atoms with Gasteiger partial charge in [0, 0.05) is 13.1 Å².